The lowest BCUT2D eigenvalue weighted by Crippen LogP contribution is -2.29. The summed E-state index contributed by atoms with van der Waals surface area (Å²) in [6.45, 7) is 7.37. The highest BCUT2D eigenvalue weighted by atomic mass is 14.9. The van der Waals surface area contributed by atoms with Crippen LogP contribution in [0.4, 0.5) is 0 Å². The van der Waals surface area contributed by atoms with Gasteiger partial charge < -0.3 is 5.32 Å². The van der Waals surface area contributed by atoms with E-state index in [0.717, 1.165) is 12.0 Å². The van der Waals surface area contributed by atoms with E-state index < -0.39 is 0 Å². The van der Waals surface area contributed by atoms with Crippen molar-refractivity contribution in [3.8, 4) is 0 Å². The number of nitrogens with one attached hydrogen (secondary N) is 1. The molecule has 0 aromatic carbocycles. The summed E-state index contributed by atoms with van der Waals surface area (Å²) in [6, 6.07) is 0.810. The first-order chi connectivity index (χ1) is 7.83. The maximum atomic E-state index is 3.75. The van der Waals surface area contributed by atoms with Crippen molar-refractivity contribution in [2.45, 2.75) is 70.8 Å². The number of hydrogen-bond acceptors (Lipinski definition) is 1. The van der Waals surface area contributed by atoms with Gasteiger partial charge in [-0.2, -0.15) is 0 Å². The topological polar surface area (TPSA) is 12.0 Å². The van der Waals surface area contributed by atoms with Gasteiger partial charge >= 0.3 is 0 Å². The Labute approximate surface area is 102 Å². The molecule has 0 bridgehead atoms. The molecule has 0 aliphatic heterocycles. The van der Waals surface area contributed by atoms with Crippen molar-refractivity contribution in [2.24, 2.45) is 5.92 Å². The van der Waals surface area contributed by atoms with Crippen LogP contribution in [-0.2, 0) is 0 Å². The van der Waals surface area contributed by atoms with Crippen LogP contribution in [0.3, 0.4) is 0 Å². The first-order valence-corrected chi connectivity index (χ1v) is 7.17. The molecule has 16 heavy (non-hydrogen) atoms. The monoisotopic (exact) mass is 223 g/mol. The van der Waals surface area contributed by atoms with E-state index in [1.165, 1.54) is 64.3 Å². The lowest BCUT2D eigenvalue weighted by molar-refractivity contribution is 0.440. The van der Waals surface area contributed by atoms with Gasteiger partial charge in [0.05, 0.1) is 0 Å². The molecule has 2 unspecified atom stereocenters. The average Bonchev–Trinajstić information content (AvgIpc) is 2.49. The predicted molar refractivity (Wildman–Crippen MR) is 72.7 cm³/mol. The van der Waals surface area contributed by atoms with Gasteiger partial charge in [0.25, 0.3) is 0 Å². The van der Waals surface area contributed by atoms with Gasteiger partial charge in [0.1, 0.15) is 0 Å². The molecule has 0 saturated heterocycles. The highest BCUT2D eigenvalue weighted by Gasteiger charge is 2.14. The zero-order valence-electron chi connectivity index (χ0n) is 11.0. The van der Waals surface area contributed by atoms with Gasteiger partial charge in [-0.3, -0.25) is 0 Å². The quantitative estimate of drug-likeness (QED) is 0.386. The van der Waals surface area contributed by atoms with E-state index in [0.29, 0.717) is 0 Å². The molecular formula is C15H29N. The Hall–Kier alpha value is -0.300. The zero-order valence-corrected chi connectivity index (χ0v) is 11.0. The molecule has 0 spiro atoms. The van der Waals surface area contributed by atoms with Gasteiger partial charge in [-0.1, -0.05) is 32.3 Å². The van der Waals surface area contributed by atoms with E-state index in [2.05, 4.69) is 18.8 Å². The summed E-state index contributed by atoms with van der Waals surface area (Å²) < 4.78 is 0. The molecule has 1 aliphatic carbocycles. The van der Waals surface area contributed by atoms with Gasteiger partial charge in [-0.15, -0.1) is 6.58 Å². The van der Waals surface area contributed by atoms with Gasteiger partial charge in [0.2, 0.25) is 0 Å². The lowest BCUT2D eigenvalue weighted by atomic mass is 10.0. The van der Waals surface area contributed by atoms with Crippen molar-refractivity contribution in [1.82, 2.24) is 5.32 Å². The van der Waals surface area contributed by atoms with Crippen LogP contribution in [0.25, 0.3) is 0 Å². The normalized spacial score (nSPS) is 26.3. The van der Waals surface area contributed by atoms with Crippen molar-refractivity contribution in [3.63, 3.8) is 0 Å². The fourth-order valence-electron chi connectivity index (χ4n) is 2.59. The summed E-state index contributed by atoms with van der Waals surface area (Å²) in [4.78, 5) is 0. The number of rotatable bonds is 7. The largest absolute Gasteiger partial charge is 0.314 e. The first-order valence-electron chi connectivity index (χ1n) is 7.17. The zero-order chi connectivity index (χ0) is 11.6. The minimum atomic E-state index is 0.810. The fraction of sp³-hybridized carbons (Fsp3) is 0.867. The minimum Gasteiger partial charge on any atom is -0.314 e. The van der Waals surface area contributed by atoms with Crippen molar-refractivity contribution in [2.75, 3.05) is 6.54 Å². The first kappa shape index (κ1) is 13.8. The van der Waals surface area contributed by atoms with E-state index >= 15 is 0 Å². The maximum Gasteiger partial charge on any atom is 0.00671 e. The molecule has 1 nitrogen and oxygen atoms in total. The number of allylic oxidation sites excluding steroid dienone is 1. The second-order valence-electron chi connectivity index (χ2n) is 5.40. The van der Waals surface area contributed by atoms with Crippen LogP contribution in [-0.4, -0.2) is 12.6 Å². The average molecular weight is 223 g/mol. The number of unbranched alkanes of at least 4 members (excludes halogenated alkanes) is 3. The molecule has 1 heteroatoms. The summed E-state index contributed by atoms with van der Waals surface area (Å²) in [7, 11) is 0. The van der Waals surface area contributed by atoms with Crippen LogP contribution < -0.4 is 5.32 Å². The molecule has 0 radical (unpaired) electrons. The second-order valence-corrected chi connectivity index (χ2v) is 5.40. The van der Waals surface area contributed by atoms with Crippen LogP contribution in [0.15, 0.2) is 12.7 Å². The molecule has 94 valence electrons. The Kier molecular flexibility index (Phi) is 7.58. The van der Waals surface area contributed by atoms with Crippen LogP contribution in [0.1, 0.15) is 64.7 Å². The molecule has 1 saturated carbocycles. The third-order valence-electron chi connectivity index (χ3n) is 3.78. The Morgan fingerprint density at radius 1 is 1.12 bits per heavy atom. The van der Waals surface area contributed by atoms with Crippen LogP contribution in [0, 0.1) is 5.92 Å². The maximum absolute atomic E-state index is 3.75. The van der Waals surface area contributed by atoms with E-state index in [4.69, 9.17) is 0 Å². The standard InChI is InChI=1S/C15H29N/c1-3-4-5-6-7-13-16-15-10-8-9-14(2)11-12-15/h3,14-16H,1,4-13H2,2H3. The Morgan fingerprint density at radius 3 is 2.81 bits per heavy atom. The summed E-state index contributed by atoms with van der Waals surface area (Å²) in [5.41, 5.74) is 0. The van der Waals surface area contributed by atoms with Crippen LogP contribution in [0.5, 0.6) is 0 Å². The Bertz CT molecular complexity index is 176. The summed E-state index contributed by atoms with van der Waals surface area (Å²) in [6.07, 6.45) is 14.3. The third kappa shape index (κ3) is 6.32. The molecule has 0 aromatic heterocycles. The van der Waals surface area contributed by atoms with E-state index in [1.807, 2.05) is 6.08 Å². The SMILES string of the molecule is C=CCCCCCNC1CCCC(C)CC1. The van der Waals surface area contributed by atoms with Gasteiger partial charge in [-0.05, 0) is 51.0 Å². The Balaban J connectivity index is 1.97. The molecule has 2 atom stereocenters. The van der Waals surface area contributed by atoms with E-state index in [1.54, 1.807) is 0 Å². The van der Waals surface area contributed by atoms with E-state index in [9.17, 15) is 0 Å². The highest BCUT2D eigenvalue weighted by molar-refractivity contribution is 4.73. The van der Waals surface area contributed by atoms with Gasteiger partial charge in [0.15, 0.2) is 0 Å². The molecular weight excluding hydrogens is 194 g/mol. The molecule has 1 rings (SSSR count). The molecule has 1 aliphatic rings. The molecule has 1 fully saturated rings. The van der Waals surface area contributed by atoms with Crippen LogP contribution >= 0.6 is 0 Å². The highest BCUT2D eigenvalue weighted by Crippen LogP contribution is 2.22. The molecule has 0 heterocycles. The molecule has 0 amide bonds. The van der Waals surface area contributed by atoms with Gasteiger partial charge in [-0.25, -0.2) is 0 Å². The van der Waals surface area contributed by atoms with Crippen LogP contribution in [0.2, 0.25) is 0 Å². The van der Waals surface area contributed by atoms with Crippen molar-refractivity contribution < 1.29 is 0 Å². The third-order valence-corrected chi connectivity index (χ3v) is 3.78. The van der Waals surface area contributed by atoms with Gasteiger partial charge in [0, 0.05) is 6.04 Å². The number of hydrogen-bond donors (Lipinski definition) is 1. The molecule has 1 N–H and O–H groups in total. The van der Waals surface area contributed by atoms with Crippen molar-refractivity contribution >= 4 is 0 Å². The summed E-state index contributed by atoms with van der Waals surface area (Å²) in [5, 5.41) is 3.73. The van der Waals surface area contributed by atoms with Crippen molar-refractivity contribution in [3.05, 3.63) is 12.7 Å². The predicted octanol–water partition coefficient (Wildman–Crippen LogP) is 4.29. The fourth-order valence-corrected chi connectivity index (χ4v) is 2.59. The smallest absolute Gasteiger partial charge is 0.00671 e. The minimum absolute atomic E-state index is 0.810. The molecule has 0 aromatic rings. The Morgan fingerprint density at radius 2 is 2.00 bits per heavy atom. The summed E-state index contributed by atoms with van der Waals surface area (Å²) >= 11 is 0. The van der Waals surface area contributed by atoms with Crippen molar-refractivity contribution in [1.29, 1.82) is 0 Å². The second kappa shape index (κ2) is 8.81. The summed E-state index contributed by atoms with van der Waals surface area (Å²) in [5.74, 6) is 0.958. The van der Waals surface area contributed by atoms with E-state index in [-0.39, 0.29) is 0 Å². The lowest BCUT2D eigenvalue weighted by Gasteiger charge is -2.16.